The largest absolute Gasteiger partial charge is 0.464 e. The third kappa shape index (κ3) is 3.85. The predicted molar refractivity (Wildman–Crippen MR) is 103 cm³/mol. The standard InChI is InChI=1S/C20H23FN4O4/c1-11-16(17(20(28)29-4)23-25(11)3)22-19(27)14-8-9-15(26)24(2)18(14)12-6-5-7-13(21)10-12/h5-7,10,14,18H,8-9H2,1-4H3,(H,22,27). The molecule has 0 bridgehead atoms. The zero-order chi connectivity index (χ0) is 21.3. The highest BCUT2D eigenvalue weighted by molar-refractivity contribution is 6.02. The van der Waals surface area contributed by atoms with Crippen molar-refractivity contribution < 1.29 is 23.5 Å². The van der Waals surface area contributed by atoms with Gasteiger partial charge in [0.05, 0.1) is 30.5 Å². The van der Waals surface area contributed by atoms with E-state index in [-0.39, 0.29) is 29.6 Å². The number of anilines is 1. The molecule has 1 saturated heterocycles. The highest BCUT2D eigenvalue weighted by Crippen LogP contribution is 2.37. The fraction of sp³-hybridized carbons (Fsp3) is 0.400. The zero-order valence-electron chi connectivity index (χ0n) is 16.7. The van der Waals surface area contributed by atoms with Crippen molar-refractivity contribution >= 4 is 23.5 Å². The number of esters is 1. The molecule has 1 aliphatic rings. The number of carbonyl (C=O) groups excluding carboxylic acids is 3. The Morgan fingerprint density at radius 2 is 2.03 bits per heavy atom. The summed E-state index contributed by atoms with van der Waals surface area (Å²) in [5.74, 6) is -2.22. The fourth-order valence-corrected chi connectivity index (χ4v) is 3.67. The van der Waals surface area contributed by atoms with Crippen molar-refractivity contribution in [2.45, 2.75) is 25.8 Å². The first-order chi connectivity index (χ1) is 13.7. The summed E-state index contributed by atoms with van der Waals surface area (Å²) < 4.78 is 20.0. The van der Waals surface area contributed by atoms with E-state index in [9.17, 15) is 18.8 Å². The summed E-state index contributed by atoms with van der Waals surface area (Å²) in [6.07, 6.45) is 0.513. The average Bonchev–Trinajstić information content (AvgIpc) is 2.97. The molecule has 1 aliphatic heterocycles. The predicted octanol–water partition coefficient (Wildman–Crippen LogP) is 2.20. The molecule has 2 amide bonds. The van der Waals surface area contributed by atoms with Crippen LogP contribution >= 0.6 is 0 Å². The van der Waals surface area contributed by atoms with Crippen molar-refractivity contribution in [3.63, 3.8) is 0 Å². The number of aromatic nitrogens is 2. The van der Waals surface area contributed by atoms with E-state index in [1.54, 1.807) is 33.2 Å². The summed E-state index contributed by atoms with van der Waals surface area (Å²) in [4.78, 5) is 38.9. The van der Waals surface area contributed by atoms with E-state index in [0.717, 1.165) is 0 Å². The Balaban J connectivity index is 1.95. The van der Waals surface area contributed by atoms with Crippen LogP contribution in [0.5, 0.6) is 0 Å². The van der Waals surface area contributed by atoms with Crippen molar-refractivity contribution in [1.29, 1.82) is 0 Å². The van der Waals surface area contributed by atoms with E-state index in [2.05, 4.69) is 10.4 Å². The van der Waals surface area contributed by atoms with Gasteiger partial charge in [0.25, 0.3) is 0 Å². The molecule has 9 heteroatoms. The molecule has 2 unspecified atom stereocenters. The number of ether oxygens (including phenoxy) is 1. The van der Waals surface area contributed by atoms with E-state index >= 15 is 0 Å². The van der Waals surface area contributed by atoms with Crippen LogP contribution in [-0.2, 0) is 21.4 Å². The maximum Gasteiger partial charge on any atom is 0.360 e. The topological polar surface area (TPSA) is 93.5 Å². The second-order valence-corrected chi connectivity index (χ2v) is 7.06. The third-order valence-electron chi connectivity index (χ3n) is 5.35. The van der Waals surface area contributed by atoms with Crippen molar-refractivity contribution in [2.24, 2.45) is 13.0 Å². The highest BCUT2D eigenvalue weighted by atomic mass is 19.1. The van der Waals surface area contributed by atoms with Crippen LogP contribution in [0.4, 0.5) is 10.1 Å². The molecular formula is C20H23FN4O4. The van der Waals surface area contributed by atoms with Gasteiger partial charge in [-0.2, -0.15) is 5.10 Å². The Morgan fingerprint density at radius 3 is 2.69 bits per heavy atom. The maximum atomic E-state index is 13.8. The van der Waals surface area contributed by atoms with Crippen LogP contribution in [0.1, 0.15) is 40.6 Å². The maximum absolute atomic E-state index is 13.8. The second-order valence-electron chi connectivity index (χ2n) is 7.06. The van der Waals surface area contributed by atoms with Gasteiger partial charge in [-0.25, -0.2) is 9.18 Å². The van der Waals surface area contributed by atoms with Gasteiger partial charge in [-0.05, 0) is 31.0 Å². The number of hydrogen-bond donors (Lipinski definition) is 1. The molecule has 0 saturated carbocycles. The minimum Gasteiger partial charge on any atom is -0.464 e. The number of carbonyl (C=O) groups is 3. The second kappa shape index (κ2) is 8.02. The molecule has 2 aromatic rings. The van der Waals surface area contributed by atoms with E-state index in [1.165, 1.54) is 28.8 Å². The Morgan fingerprint density at radius 1 is 1.31 bits per heavy atom. The van der Waals surface area contributed by atoms with Gasteiger partial charge in [0.15, 0.2) is 5.69 Å². The van der Waals surface area contributed by atoms with Crippen LogP contribution in [0, 0.1) is 18.7 Å². The normalized spacial score (nSPS) is 19.2. The van der Waals surface area contributed by atoms with Gasteiger partial charge in [-0.1, -0.05) is 12.1 Å². The Kier molecular flexibility index (Phi) is 5.67. The van der Waals surface area contributed by atoms with Crippen LogP contribution in [0.3, 0.4) is 0 Å². The van der Waals surface area contributed by atoms with Crippen molar-refractivity contribution in [3.05, 3.63) is 47.0 Å². The SMILES string of the molecule is COC(=O)c1nn(C)c(C)c1NC(=O)C1CCC(=O)N(C)C1c1cccc(F)c1. The number of aryl methyl sites for hydroxylation is 1. The lowest BCUT2D eigenvalue weighted by Crippen LogP contribution is -2.44. The first-order valence-electron chi connectivity index (χ1n) is 9.18. The summed E-state index contributed by atoms with van der Waals surface area (Å²) in [6.45, 7) is 1.72. The van der Waals surface area contributed by atoms with Crippen LogP contribution in [-0.4, -0.2) is 46.6 Å². The van der Waals surface area contributed by atoms with Crippen LogP contribution in [0.15, 0.2) is 24.3 Å². The number of rotatable bonds is 4. The minimum atomic E-state index is -0.665. The Hall–Kier alpha value is -3.23. The summed E-state index contributed by atoms with van der Waals surface area (Å²) in [7, 11) is 4.49. The van der Waals surface area contributed by atoms with Gasteiger partial charge in [-0.3, -0.25) is 14.3 Å². The molecule has 0 spiro atoms. The summed E-state index contributed by atoms with van der Waals surface area (Å²) >= 11 is 0. The molecule has 0 radical (unpaired) electrons. The molecule has 1 fully saturated rings. The third-order valence-corrected chi connectivity index (χ3v) is 5.35. The molecule has 1 N–H and O–H groups in total. The molecule has 0 aliphatic carbocycles. The average molecular weight is 402 g/mol. The smallest absolute Gasteiger partial charge is 0.360 e. The van der Waals surface area contributed by atoms with Crippen molar-refractivity contribution in [3.8, 4) is 0 Å². The number of nitrogens with zero attached hydrogens (tertiary/aromatic N) is 3. The molecule has 1 aromatic carbocycles. The molecule has 3 rings (SSSR count). The van der Waals surface area contributed by atoms with Crippen molar-refractivity contribution in [2.75, 3.05) is 19.5 Å². The first-order valence-corrected chi connectivity index (χ1v) is 9.18. The minimum absolute atomic E-state index is 0.00314. The van der Waals surface area contributed by atoms with Gasteiger partial charge in [-0.15, -0.1) is 0 Å². The molecule has 2 atom stereocenters. The van der Waals surface area contributed by atoms with Gasteiger partial charge in [0, 0.05) is 20.5 Å². The van der Waals surface area contributed by atoms with Gasteiger partial charge in [0.2, 0.25) is 11.8 Å². The summed E-state index contributed by atoms with van der Waals surface area (Å²) in [6, 6.07) is 5.26. The van der Waals surface area contributed by atoms with Gasteiger partial charge in [0.1, 0.15) is 5.82 Å². The number of methoxy groups -OCH3 is 1. The Bertz CT molecular complexity index is 971. The van der Waals surface area contributed by atoms with E-state index in [4.69, 9.17) is 4.74 Å². The quantitative estimate of drug-likeness (QED) is 0.792. The summed E-state index contributed by atoms with van der Waals surface area (Å²) in [5.41, 5.74) is 1.39. The fourth-order valence-electron chi connectivity index (χ4n) is 3.67. The van der Waals surface area contributed by atoms with E-state index in [1.807, 2.05) is 0 Å². The molecular weight excluding hydrogens is 379 g/mol. The van der Waals surface area contributed by atoms with Crippen LogP contribution < -0.4 is 5.32 Å². The highest BCUT2D eigenvalue weighted by Gasteiger charge is 2.39. The Labute approximate surface area is 167 Å². The molecule has 2 heterocycles. The molecule has 8 nitrogen and oxygen atoms in total. The molecule has 29 heavy (non-hydrogen) atoms. The zero-order valence-corrected chi connectivity index (χ0v) is 16.7. The number of halogens is 1. The van der Waals surface area contributed by atoms with E-state index in [0.29, 0.717) is 17.7 Å². The van der Waals surface area contributed by atoms with Crippen LogP contribution in [0.25, 0.3) is 0 Å². The number of benzene rings is 1. The molecule has 154 valence electrons. The number of likely N-dealkylation sites (tertiary alicyclic amines) is 1. The number of amides is 2. The summed E-state index contributed by atoms with van der Waals surface area (Å²) in [5, 5.41) is 6.89. The van der Waals surface area contributed by atoms with Gasteiger partial charge < -0.3 is 15.0 Å². The number of hydrogen-bond acceptors (Lipinski definition) is 5. The van der Waals surface area contributed by atoms with Crippen LogP contribution in [0.2, 0.25) is 0 Å². The lowest BCUT2D eigenvalue weighted by atomic mass is 9.84. The number of piperidine rings is 1. The molecule has 1 aromatic heterocycles. The monoisotopic (exact) mass is 402 g/mol. The lowest BCUT2D eigenvalue weighted by Gasteiger charge is -2.38. The van der Waals surface area contributed by atoms with E-state index < -0.39 is 23.7 Å². The first kappa shape index (κ1) is 20.5. The number of nitrogens with one attached hydrogen (secondary N) is 1. The lowest BCUT2D eigenvalue weighted by molar-refractivity contribution is -0.140. The van der Waals surface area contributed by atoms with Crippen molar-refractivity contribution in [1.82, 2.24) is 14.7 Å². The van der Waals surface area contributed by atoms with Gasteiger partial charge >= 0.3 is 5.97 Å².